The van der Waals surface area contributed by atoms with Crippen molar-refractivity contribution in [1.29, 1.82) is 0 Å². The third-order valence-corrected chi connectivity index (χ3v) is 1.51. The molecule has 0 aromatic rings. The zero-order chi connectivity index (χ0) is 8.65. The standard InChI is InChI=1S/C5H5NO5.Na.H/c7-2-1-5(6-2,3(8)9)4(10)11;;/h1H2,(H,6,7)(H,8,9)(H,10,11);;/q;+1;-1. The summed E-state index contributed by atoms with van der Waals surface area (Å²) in [4.78, 5) is 30.9. The number of carbonyl (C=O) groups is 3. The minimum Gasteiger partial charge on any atom is -1.00 e. The minimum absolute atomic E-state index is 0. The number of carbonyl (C=O) groups excluding carboxylic acids is 1. The van der Waals surface area contributed by atoms with E-state index in [1.54, 1.807) is 0 Å². The van der Waals surface area contributed by atoms with Gasteiger partial charge in [-0.25, -0.2) is 9.59 Å². The quantitative estimate of drug-likeness (QED) is 0.227. The Labute approximate surface area is 90.7 Å². The number of amides is 1. The van der Waals surface area contributed by atoms with Crippen LogP contribution in [0.25, 0.3) is 0 Å². The molecule has 0 aromatic heterocycles. The summed E-state index contributed by atoms with van der Waals surface area (Å²) in [6.07, 6.45) is -0.488. The summed E-state index contributed by atoms with van der Waals surface area (Å²) < 4.78 is 0. The molecule has 1 saturated heterocycles. The van der Waals surface area contributed by atoms with E-state index in [-0.39, 0.29) is 31.0 Å². The van der Waals surface area contributed by atoms with Crippen LogP contribution in [0.15, 0.2) is 0 Å². The molecule has 0 aliphatic carbocycles. The van der Waals surface area contributed by atoms with E-state index in [9.17, 15) is 14.4 Å². The topological polar surface area (TPSA) is 104 Å². The van der Waals surface area contributed by atoms with Gasteiger partial charge >= 0.3 is 41.5 Å². The summed E-state index contributed by atoms with van der Waals surface area (Å²) in [6, 6.07) is 0. The first-order valence-electron chi connectivity index (χ1n) is 2.77. The second-order valence-corrected chi connectivity index (χ2v) is 2.24. The Balaban J connectivity index is 0. The van der Waals surface area contributed by atoms with Gasteiger partial charge in [0.25, 0.3) is 0 Å². The molecule has 1 fully saturated rings. The third kappa shape index (κ3) is 1.45. The maximum Gasteiger partial charge on any atom is 1.00 e. The van der Waals surface area contributed by atoms with E-state index in [2.05, 4.69) is 0 Å². The van der Waals surface area contributed by atoms with Crippen molar-refractivity contribution in [1.82, 2.24) is 5.32 Å². The molecule has 0 unspecified atom stereocenters. The van der Waals surface area contributed by atoms with Crippen LogP contribution in [-0.4, -0.2) is 33.6 Å². The second-order valence-electron chi connectivity index (χ2n) is 2.24. The van der Waals surface area contributed by atoms with Crippen LogP contribution in [0.5, 0.6) is 0 Å². The number of hydrogen-bond acceptors (Lipinski definition) is 3. The Hall–Kier alpha value is -0.590. The predicted molar refractivity (Wildman–Crippen MR) is 31.9 cm³/mol. The van der Waals surface area contributed by atoms with Crippen LogP contribution in [0, 0.1) is 0 Å². The molecule has 62 valence electrons. The summed E-state index contributed by atoms with van der Waals surface area (Å²) >= 11 is 0. The summed E-state index contributed by atoms with van der Waals surface area (Å²) in [5, 5.41) is 18.6. The number of β-lactam (4-membered cyclic amide) rings is 1. The number of aliphatic carboxylic acids is 2. The summed E-state index contributed by atoms with van der Waals surface area (Å²) in [6.45, 7) is 0. The van der Waals surface area contributed by atoms with E-state index < -0.39 is 29.8 Å². The van der Waals surface area contributed by atoms with Crippen molar-refractivity contribution in [3.63, 3.8) is 0 Å². The van der Waals surface area contributed by atoms with Crippen LogP contribution >= 0.6 is 0 Å². The van der Waals surface area contributed by atoms with Gasteiger partial charge in [0.2, 0.25) is 11.4 Å². The number of nitrogens with one attached hydrogen (secondary N) is 1. The Bertz CT molecular complexity index is 231. The van der Waals surface area contributed by atoms with Crippen LogP contribution < -0.4 is 34.9 Å². The first-order chi connectivity index (χ1) is 4.99. The SMILES string of the molecule is O=C1CC(C(=O)O)(C(=O)O)N1.[H-].[Na+]. The van der Waals surface area contributed by atoms with Gasteiger partial charge in [0.05, 0.1) is 6.42 Å². The zero-order valence-corrected chi connectivity index (χ0v) is 8.33. The van der Waals surface area contributed by atoms with Crippen molar-refractivity contribution >= 4 is 17.8 Å². The van der Waals surface area contributed by atoms with Gasteiger partial charge in [-0.05, 0) is 0 Å². The minimum atomic E-state index is -2.07. The molecule has 1 heterocycles. The number of carboxylic acid groups (broad SMARTS) is 2. The average Bonchev–Trinajstić information content (AvgIpc) is 1.78. The van der Waals surface area contributed by atoms with Crippen molar-refractivity contribution in [3.8, 4) is 0 Å². The van der Waals surface area contributed by atoms with E-state index in [4.69, 9.17) is 10.2 Å². The fourth-order valence-corrected chi connectivity index (χ4v) is 0.810. The largest absolute Gasteiger partial charge is 1.00 e. The molecule has 0 aromatic carbocycles. The fraction of sp³-hybridized carbons (Fsp3) is 0.400. The van der Waals surface area contributed by atoms with E-state index >= 15 is 0 Å². The van der Waals surface area contributed by atoms with E-state index in [1.807, 2.05) is 5.32 Å². The van der Waals surface area contributed by atoms with Gasteiger partial charge in [-0.15, -0.1) is 0 Å². The van der Waals surface area contributed by atoms with E-state index in [1.165, 1.54) is 0 Å². The molecular weight excluding hydrogens is 177 g/mol. The van der Waals surface area contributed by atoms with Crippen molar-refractivity contribution < 1.29 is 55.6 Å². The molecule has 3 N–H and O–H groups in total. The fourth-order valence-electron chi connectivity index (χ4n) is 0.810. The van der Waals surface area contributed by atoms with Crippen molar-refractivity contribution in [3.05, 3.63) is 0 Å². The summed E-state index contributed by atoms with van der Waals surface area (Å²) in [5.74, 6) is -3.64. The Kier molecular flexibility index (Phi) is 3.25. The molecule has 1 amide bonds. The molecule has 0 atom stereocenters. The van der Waals surface area contributed by atoms with Gasteiger partial charge in [-0.2, -0.15) is 0 Å². The predicted octanol–water partition coefficient (Wildman–Crippen LogP) is -4.47. The van der Waals surface area contributed by atoms with Gasteiger partial charge in [0, 0.05) is 0 Å². The second kappa shape index (κ2) is 3.42. The molecule has 0 radical (unpaired) electrons. The third-order valence-electron chi connectivity index (χ3n) is 1.51. The van der Waals surface area contributed by atoms with Gasteiger partial charge in [0.1, 0.15) is 0 Å². The number of hydrogen-bond donors (Lipinski definition) is 3. The Morgan fingerprint density at radius 1 is 1.42 bits per heavy atom. The van der Waals surface area contributed by atoms with Crippen LogP contribution in [0.3, 0.4) is 0 Å². The van der Waals surface area contributed by atoms with Crippen LogP contribution in [0.4, 0.5) is 0 Å². The van der Waals surface area contributed by atoms with Crippen LogP contribution in [0.2, 0.25) is 0 Å². The Morgan fingerprint density at radius 2 is 1.75 bits per heavy atom. The van der Waals surface area contributed by atoms with E-state index in [0.717, 1.165) is 0 Å². The van der Waals surface area contributed by atoms with Crippen LogP contribution in [0.1, 0.15) is 7.85 Å². The maximum atomic E-state index is 10.3. The molecule has 0 saturated carbocycles. The van der Waals surface area contributed by atoms with Crippen LogP contribution in [-0.2, 0) is 14.4 Å². The van der Waals surface area contributed by atoms with E-state index in [0.29, 0.717) is 0 Å². The van der Waals surface area contributed by atoms with Gasteiger partial charge in [-0.3, -0.25) is 4.79 Å². The maximum absolute atomic E-state index is 10.3. The van der Waals surface area contributed by atoms with Crippen molar-refractivity contribution in [2.45, 2.75) is 12.0 Å². The van der Waals surface area contributed by atoms with Gasteiger partial charge < -0.3 is 17.0 Å². The monoisotopic (exact) mass is 183 g/mol. The molecule has 1 aliphatic heterocycles. The normalized spacial score (nSPS) is 18.2. The average molecular weight is 183 g/mol. The zero-order valence-electron chi connectivity index (χ0n) is 7.33. The molecular formula is C5H6NNaO5. The number of carboxylic acids is 2. The van der Waals surface area contributed by atoms with Crippen molar-refractivity contribution in [2.75, 3.05) is 0 Å². The summed E-state index contributed by atoms with van der Waals surface area (Å²) in [7, 11) is 0. The molecule has 6 nitrogen and oxygen atoms in total. The smallest absolute Gasteiger partial charge is 1.00 e. The molecule has 0 bridgehead atoms. The first-order valence-corrected chi connectivity index (χ1v) is 2.77. The molecule has 7 heteroatoms. The van der Waals surface area contributed by atoms with Gasteiger partial charge in [-0.1, -0.05) is 0 Å². The van der Waals surface area contributed by atoms with Crippen molar-refractivity contribution in [2.24, 2.45) is 0 Å². The van der Waals surface area contributed by atoms with Gasteiger partial charge in [0.15, 0.2) is 0 Å². The summed E-state index contributed by atoms with van der Waals surface area (Å²) in [5.41, 5.74) is -2.07. The molecule has 1 aliphatic rings. The molecule has 12 heavy (non-hydrogen) atoms. The molecule has 1 rings (SSSR count). The Morgan fingerprint density at radius 3 is 1.83 bits per heavy atom. The number of rotatable bonds is 2. The first kappa shape index (κ1) is 11.4. The molecule has 0 spiro atoms.